The number of aliphatic hydroxyl groups is 1. The Hall–Kier alpha value is -0.610. The summed E-state index contributed by atoms with van der Waals surface area (Å²) in [4.78, 5) is 11.0. The molecule has 0 saturated heterocycles. The van der Waals surface area contributed by atoms with Gasteiger partial charge >= 0.3 is 0 Å². The van der Waals surface area contributed by atoms with Crippen LogP contribution in [0.1, 0.15) is 34.6 Å². The smallest absolute Gasteiger partial charge is 0.235 e. The van der Waals surface area contributed by atoms with Gasteiger partial charge in [0.25, 0.3) is 0 Å². The fraction of sp³-hybridized carbons (Fsp3) is 0.900. The fourth-order valence-corrected chi connectivity index (χ4v) is 0.802. The first-order chi connectivity index (χ1) is 6.13. The molecule has 0 spiro atoms. The Morgan fingerprint density at radius 3 is 2.07 bits per heavy atom. The van der Waals surface area contributed by atoms with Crippen molar-refractivity contribution in [2.24, 2.45) is 16.6 Å². The Labute approximate surface area is 85.9 Å². The number of hydrogen-bond donors (Lipinski definition) is 3. The summed E-state index contributed by atoms with van der Waals surface area (Å²) in [6.45, 7) is 9.78. The van der Waals surface area contributed by atoms with Crippen LogP contribution in [-0.2, 0) is 4.79 Å². The third-order valence-corrected chi connectivity index (χ3v) is 3.10. The highest BCUT2D eigenvalue weighted by Gasteiger charge is 2.39. The minimum Gasteiger partial charge on any atom is -0.373 e. The van der Waals surface area contributed by atoms with E-state index in [9.17, 15) is 9.90 Å². The van der Waals surface area contributed by atoms with E-state index in [0.717, 1.165) is 0 Å². The van der Waals surface area contributed by atoms with Crippen LogP contribution in [0.25, 0.3) is 0 Å². The summed E-state index contributed by atoms with van der Waals surface area (Å²) in [5.41, 5.74) is 4.64. The van der Waals surface area contributed by atoms with Crippen molar-refractivity contribution in [2.45, 2.75) is 40.8 Å². The van der Waals surface area contributed by atoms with Crippen LogP contribution in [0, 0.1) is 10.8 Å². The Kier molecular flexibility index (Phi) is 4.09. The van der Waals surface area contributed by atoms with Crippen LogP contribution >= 0.6 is 0 Å². The number of nitrogens with one attached hydrogen (secondary N) is 1. The van der Waals surface area contributed by atoms with Crippen LogP contribution in [0.4, 0.5) is 0 Å². The predicted octanol–water partition coefficient (Wildman–Crippen LogP) is 0.452. The van der Waals surface area contributed by atoms with Gasteiger partial charge in [0.2, 0.25) is 5.91 Å². The van der Waals surface area contributed by atoms with Crippen molar-refractivity contribution in [3.63, 3.8) is 0 Å². The number of nitrogens with two attached hydrogens (primary N) is 1. The molecule has 4 N–H and O–H groups in total. The highest BCUT2D eigenvalue weighted by atomic mass is 16.3. The van der Waals surface area contributed by atoms with E-state index in [4.69, 9.17) is 5.73 Å². The van der Waals surface area contributed by atoms with E-state index in [1.54, 1.807) is 0 Å². The van der Waals surface area contributed by atoms with Crippen LogP contribution in [0.3, 0.4) is 0 Å². The van der Waals surface area contributed by atoms with Gasteiger partial charge in [-0.25, -0.2) is 0 Å². The molecule has 0 aliphatic heterocycles. The molecule has 1 unspecified atom stereocenters. The minimum atomic E-state index is -0.876. The predicted molar refractivity (Wildman–Crippen MR) is 56.4 cm³/mol. The van der Waals surface area contributed by atoms with Crippen molar-refractivity contribution in [2.75, 3.05) is 6.54 Å². The maximum Gasteiger partial charge on any atom is 0.235 e. The largest absolute Gasteiger partial charge is 0.373 e. The molecule has 84 valence electrons. The molecule has 0 aliphatic rings. The average molecular weight is 202 g/mol. The zero-order chi connectivity index (χ0) is 11.6. The lowest BCUT2D eigenvalue weighted by Crippen LogP contribution is -2.52. The first kappa shape index (κ1) is 13.4. The summed E-state index contributed by atoms with van der Waals surface area (Å²) in [7, 11) is 0. The number of rotatable bonds is 3. The summed E-state index contributed by atoms with van der Waals surface area (Å²) in [6, 6.07) is 0. The molecule has 4 heteroatoms. The summed E-state index contributed by atoms with van der Waals surface area (Å²) in [5, 5.41) is 12.3. The van der Waals surface area contributed by atoms with Crippen molar-refractivity contribution >= 4 is 5.91 Å². The van der Waals surface area contributed by atoms with E-state index >= 15 is 0 Å². The molecule has 0 aliphatic carbocycles. The highest BCUT2D eigenvalue weighted by Crippen LogP contribution is 2.39. The van der Waals surface area contributed by atoms with Gasteiger partial charge in [0, 0.05) is 5.41 Å². The van der Waals surface area contributed by atoms with Gasteiger partial charge < -0.3 is 16.2 Å². The van der Waals surface area contributed by atoms with Gasteiger partial charge in [-0.2, -0.15) is 0 Å². The van der Waals surface area contributed by atoms with E-state index in [1.807, 2.05) is 34.6 Å². The zero-order valence-electron chi connectivity index (χ0n) is 9.72. The zero-order valence-corrected chi connectivity index (χ0v) is 9.72. The second-order valence-corrected chi connectivity index (χ2v) is 5.15. The Balaban J connectivity index is 4.51. The number of amides is 1. The van der Waals surface area contributed by atoms with E-state index in [-0.39, 0.29) is 17.9 Å². The van der Waals surface area contributed by atoms with Crippen LogP contribution in [-0.4, -0.2) is 23.8 Å². The Morgan fingerprint density at radius 1 is 1.36 bits per heavy atom. The van der Waals surface area contributed by atoms with Gasteiger partial charge in [0.1, 0.15) is 6.23 Å². The Bertz CT molecular complexity index is 207. The lowest BCUT2D eigenvalue weighted by Gasteiger charge is -2.42. The van der Waals surface area contributed by atoms with Gasteiger partial charge in [-0.3, -0.25) is 4.79 Å². The Morgan fingerprint density at radius 2 is 1.79 bits per heavy atom. The molecular weight excluding hydrogens is 180 g/mol. The average Bonchev–Trinajstić information content (AvgIpc) is 2.01. The number of aliphatic hydroxyl groups excluding tert-OH is 1. The third-order valence-electron chi connectivity index (χ3n) is 3.10. The topological polar surface area (TPSA) is 75.3 Å². The van der Waals surface area contributed by atoms with E-state index in [1.165, 1.54) is 0 Å². The minimum absolute atomic E-state index is 0.0999. The van der Waals surface area contributed by atoms with Crippen molar-refractivity contribution < 1.29 is 9.90 Å². The van der Waals surface area contributed by atoms with Gasteiger partial charge in [-0.1, -0.05) is 34.6 Å². The highest BCUT2D eigenvalue weighted by molar-refractivity contribution is 5.77. The standard InChI is InChI=1S/C10H22N2O2/c1-9(2,3)10(4,5)8(14)12-7(13)6-11/h8,14H,6,11H2,1-5H3,(H,12,13). The monoisotopic (exact) mass is 202 g/mol. The summed E-state index contributed by atoms with van der Waals surface area (Å²) >= 11 is 0. The van der Waals surface area contributed by atoms with Crippen LogP contribution < -0.4 is 11.1 Å². The molecule has 0 aromatic heterocycles. The van der Waals surface area contributed by atoms with Crippen molar-refractivity contribution in [1.29, 1.82) is 0 Å². The van der Waals surface area contributed by atoms with Crippen molar-refractivity contribution in [3.05, 3.63) is 0 Å². The van der Waals surface area contributed by atoms with Gasteiger partial charge in [0.15, 0.2) is 0 Å². The molecule has 0 aromatic carbocycles. The van der Waals surface area contributed by atoms with Gasteiger partial charge in [-0.15, -0.1) is 0 Å². The molecule has 0 fully saturated rings. The summed E-state index contributed by atoms with van der Waals surface area (Å²) < 4.78 is 0. The van der Waals surface area contributed by atoms with Crippen LogP contribution in [0.2, 0.25) is 0 Å². The lowest BCUT2D eigenvalue weighted by atomic mass is 9.68. The molecular formula is C10H22N2O2. The molecule has 1 atom stereocenters. The lowest BCUT2D eigenvalue weighted by molar-refractivity contribution is -0.128. The molecule has 4 nitrogen and oxygen atoms in total. The third kappa shape index (κ3) is 2.96. The molecule has 0 bridgehead atoms. The van der Waals surface area contributed by atoms with E-state index in [0.29, 0.717) is 0 Å². The summed E-state index contributed by atoms with van der Waals surface area (Å²) in [6.07, 6.45) is -0.876. The quantitative estimate of drug-likeness (QED) is 0.582. The maximum atomic E-state index is 11.0. The van der Waals surface area contributed by atoms with Gasteiger partial charge in [0.05, 0.1) is 6.54 Å². The first-order valence-electron chi connectivity index (χ1n) is 4.80. The molecule has 1 amide bonds. The van der Waals surface area contributed by atoms with Crippen molar-refractivity contribution in [3.8, 4) is 0 Å². The molecule has 0 rings (SSSR count). The van der Waals surface area contributed by atoms with Crippen LogP contribution in [0.15, 0.2) is 0 Å². The number of carbonyl (C=O) groups is 1. The first-order valence-corrected chi connectivity index (χ1v) is 4.80. The SMILES string of the molecule is CC(C)(C)C(C)(C)C(O)NC(=O)CN. The van der Waals surface area contributed by atoms with Crippen LogP contribution in [0.5, 0.6) is 0 Å². The summed E-state index contributed by atoms with van der Waals surface area (Å²) in [5.74, 6) is -0.338. The van der Waals surface area contributed by atoms with E-state index in [2.05, 4.69) is 5.32 Å². The molecule has 0 saturated carbocycles. The molecule has 0 heterocycles. The van der Waals surface area contributed by atoms with Crippen molar-refractivity contribution in [1.82, 2.24) is 5.32 Å². The van der Waals surface area contributed by atoms with E-state index < -0.39 is 11.6 Å². The number of carbonyl (C=O) groups excluding carboxylic acids is 1. The second kappa shape index (κ2) is 4.28. The molecule has 14 heavy (non-hydrogen) atoms. The molecule has 0 aromatic rings. The normalized spacial score (nSPS) is 15.1. The maximum absolute atomic E-state index is 11.0. The molecule has 0 radical (unpaired) electrons. The second-order valence-electron chi connectivity index (χ2n) is 5.15. The number of hydrogen-bond acceptors (Lipinski definition) is 3. The fourth-order valence-electron chi connectivity index (χ4n) is 0.802. The van der Waals surface area contributed by atoms with Gasteiger partial charge in [-0.05, 0) is 5.41 Å².